The molecule has 0 bridgehead atoms. The first-order valence-electron chi connectivity index (χ1n) is 5.10. The van der Waals surface area contributed by atoms with Crippen molar-refractivity contribution in [3.05, 3.63) is 22.4 Å². The van der Waals surface area contributed by atoms with Gasteiger partial charge in [0.05, 0.1) is 0 Å². The predicted molar refractivity (Wildman–Crippen MR) is 60.1 cm³/mol. The van der Waals surface area contributed by atoms with E-state index in [0.29, 0.717) is 5.92 Å². The molecule has 2 heterocycles. The highest BCUT2D eigenvalue weighted by atomic mass is 32.1. The molecule has 1 fully saturated rings. The first kappa shape index (κ1) is 10.6. The van der Waals surface area contributed by atoms with Gasteiger partial charge in [0.15, 0.2) is 0 Å². The minimum absolute atomic E-state index is 0.107. The summed E-state index contributed by atoms with van der Waals surface area (Å²) in [6, 6.07) is 2.15. The average Bonchev–Trinajstić information content (AvgIpc) is 2.89. The van der Waals surface area contributed by atoms with Crippen LogP contribution in [0.15, 0.2) is 16.8 Å². The minimum atomic E-state index is 0.107. The largest absolute Gasteiger partial charge is 0.375 e. The molecule has 1 aliphatic heterocycles. The lowest BCUT2D eigenvalue weighted by molar-refractivity contribution is -0.134. The maximum Gasteiger partial charge on any atom is 0.248 e. The highest BCUT2D eigenvalue weighted by Gasteiger charge is 2.26. The van der Waals surface area contributed by atoms with Gasteiger partial charge in [-0.15, -0.1) is 0 Å². The Morgan fingerprint density at radius 1 is 1.73 bits per heavy atom. The molecule has 1 atom stereocenters. The quantitative estimate of drug-likeness (QED) is 0.783. The molecular weight excluding hydrogens is 210 g/mol. The van der Waals surface area contributed by atoms with Crippen LogP contribution in [-0.2, 0) is 9.53 Å². The van der Waals surface area contributed by atoms with E-state index in [1.807, 2.05) is 4.90 Å². The van der Waals surface area contributed by atoms with Crippen molar-refractivity contribution in [1.29, 1.82) is 0 Å². The summed E-state index contributed by atoms with van der Waals surface area (Å²) in [6.45, 7) is 1.91. The topological polar surface area (TPSA) is 29.5 Å². The molecule has 1 aliphatic rings. The highest BCUT2D eigenvalue weighted by Crippen LogP contribution is 2.28. The zero-order valence-corrected chi connectivity index (χ0v) is 9.63. The van der Waals surface area contributed by atoms with Gasteiger partial charge in [-0.1, -0.05) is 0 Å². The first-order valence-corrected chi connectivity index (χ1v) is 6.04. The summed E-state index contributed by atoms with van der Waals surface area (Å²) in [5.74, 6) is 0.632. The van der Waals surface area contributed by atoms with E-state index >= 15 is 0 Å². The number of amides is 1. The number of hydrogen-bond donors (Lipinski definition) is 0. The van der Waals surface area contributed by atoms with E-state index in [2.05, 4.69) is 16.8 Å². The van der Waals surface area contributed by atoms with Crippen molar-refractivity contribution in [2.75, 3.05) is 26.8 Å². The van der Waals surface area contributed by atoms with E-state index in [1.165, 1.54) is 5.56 Å². The van der Waals surface area contributed by atoms with E-state index in [9.17, 15) is 4.79 Å². The molecule has 3 nitrogen and oxygen atoms in total. The van der Waals surface area contributed by atoms with Gasteiger partial charge in [0.2, 0.25) is 5.91 Å². The lowest BCUT2D eigenvalue weighted by Gasteiger charge is -2.15. The van der Waals surface area contributed by atoms with Gasteiger partial charge in [0.1, 0.15) is 6.61 Å². The number of likely N-dealkylation sites (tertiary alicyclic amines) is 1. The fourth-order valence-corrected chi connectivity index (χ4v) is 2.72. The Kier molecular flexibility index (Phi) is 3.38. The zero-order valence-electron chi connectivity index (χ0n) is 8.81. The van der Waals surface area contributed by atoms with Crippen LogP contribution in [0.25, 0.3) is 0 Å². The molecule has 0 aromatic carbocycles. The van der Waals surface area contributed by atoms with Gasteiger partial charge in [0, 0.05) is 26.1 Å². The monoisotopic (exact) mass is 225 g/mol. The number of nitrogens with zero attached hydrogens (tertiary/aromatic N) is 1. The molecule has 4 heteroatoms. The first-order chi connectivity index (χ1) is 7.31. The number of rotatable bonds is 3. The molecule has 82 valence electrons. The molecule has 1 unspecified atom stereocenters. The standard InChI is InChI=1S/C11H15NO2S/c1-14-7-11(13)12-4-2-9(6-12)10-3-5-15-8-10/h3,5,8-9H,2,4,6-7H2,1H3. The average molecular weight is 225 g/mol. The summed E-state index contributed by atoms with van der Waals surface area (Å²) in [4.78, 5) is 13.5. The Balaban J connectivity index is 1.92. The van der Waals surface area contributed by atoms with Crippen LogP contribution in [0.4, 0.5) is 0 Å². The molecule has 1 aromatic heterocycles. The summed E-state index contributed by atoms with van der Waals surface area (Å²) in [7, 11) is 1.56. The zero-order chi connectivity index (χ0) is 10.7. The van der Waals surface area contributed by atoms with E-state index < -0.39 is 0 Å². The predicted octanol–water partition coefficient (Wildman–Crippen LogP) is 1.71. The third-order valence-electron chi connectivity index (χ3n) is 2.82. The van der Waals surface area contributed by atoms with Crippen LogP contribution < -0.4 is 0 Å². The molecule has 0 radical (unpaired) electrons. The van der Waals surface area contributed by atoms with Gasteiger partial charge in [0.25, 0.3) is 0 Å². The fraction of sp³-hybridized carbons (Fsp3) is 0.545. The molecule has 0 saturated carbocycles. The molecule has 15 heavy (non-hydrogen) atoms. The van der Waals surface area contributed by atoms with Gasteiger partial charge >= 0.3 is 0 Å². The van der Waals surface area contributed by atoms with Crippen LogP contribution in [0.2, 0.25) is 0 Å². The molecule has 1 amide bonds. The smallest absolute Gasteiger partial charge is 0.248 e. The van der Waals surface area contributed by atoms with Crippen molar-refractivity contribution in [3.8, 4) is 0 Å². The van der Waals surface area contributed by atoms with E-state index in [-0.39, 0.29) is 12.5 Å². The lowest BCUT2D eigenvalue weighted by Crippen LogP contribution is -2.31. The van der Waals surface area contributed by atoms with Crippen molar-refractivity contribution in [2.45, 2.75) is 12.3 Å². The van der Waals surface area contributed by atoms with Crippen molar-refractivity contribution < 1.29 is 9.53 Å². The van der Waals surface area contributed by atoms with Crippen LogP contribution in [-0.4, -0.2) is 37.6 Å². The minimum Gasteiger partial charge on any atom is -0.375 e. The number of ether oxygens (including phenoxy) is 1. The van der Waals surface area contributed by atoms with Gasteiger partial charge in [-0.05, 0) is 28.8 Å². The highest BCUT2D eigenvalue weighted by molar-refractivity contribution is 7.07. The van der Waals surface area contributed by atoms with Crippen molar-refractivity contribution in [2.24, 2.45) is 0 Å². The maximum atomic E-state index is 11.6. The SMILES string of the molecule is COCC(=O)N1CCC(c2ccsc2)C1. The second kappa shape index (κ2) is 4.77. The molecule has 1 saturated heterocycles. The van der Waals surface area contributed by atoms with Crippen LogP contribution in [0.5, 0.6) is 0 Å². The second-order valence-electron chi connectivity index (χ2n) is 3.82. The van der Waals surface area contributed by atoms with E-state index in [4.69, 9.17) is 4.74 Å². The van der Waals surface area contributed by atoms with Gasteiger partial charge < -0.3 is 9.64 Å². The van der Waals surface area contributed by atoms with Crippen LogP contribution in [0.1, 0.15) is 17.9 Å². The Hall–Kier alpha value is -0.870. The number of hydrogen-bond acceptors (Lipinski definition) is 3. The maximum absolute atomic E-state index is 11.6. The third-order valence-corrected chi connectivity index (χ3v) is 3.52. The van der Waals surface area contributed by atoms with E-state index in [1.54, 1.807) is 18.4 Å². The van der Waals surface area contributed by atoms with Crippen LogP contribution in [0.3, 0.4) is 0 Å². The van der Waals surface area contributed by atoms with Crippen molar-refractivity contribution >= 4 is 17.2 Å². The third kappa shape index (κ3) is 2.38. The van der Waals surface area contributed by atoms with Crippen LogP contribution in [0, 0.1) is 0 Å². The fourth-order valence-electron chi connectivity index (χ4n) is 1.98. The molecular formula is C11H15NO2S. The molecule has 2 rings (SSSR count). The summed E-state index contributed by atoms with van der Waals surface area (Å²) in [5.41, 5.74) is 1.37. The van der Waals surface area contributed by atoms with E-state index in [0.717, 1.165) is 19.5 Å². The molecule has 0 N–H and O–H groups in total. The molecule has 0 spiro atoms. The molecule has 1 aromatic rings. The Morgan fingerprint density at radius 2 is 2.60 bits per heavy atom. The summed E-state index contributed by atoms with van der Waals surface area (Å²) >= 11 is 1.72. The Bertz CT molecular complexity index is 323. The lowest BCUT2D eigenvalue weighted by atomic mass is 10.0. The summed E-state index contributed by atoms with van der Waals surface area (Å²) in [5, 5.41) is 4.27. The summed E-state index contributed by atoms with van der Waals surface area (Å²) in [6.07, 6.45) is 1.08. The van der Waals surface area contributed by atoms with Gasteiger partial charge in [-0.2, -0.15) is 11.3 Å². The Labute approximate surface area is 93.7 Å². The number of carbonyl (C=O) groups excluding carboxylic acids is 1. The van der Waals surface area contributed by atoms with Crippen molar-refractivity contribution in [1.82, 2.24) is 4.90 Å². The number of thiophene rings is 1. The van der Waals surface area contributed by atoms with Gasteiger partial charge in [-0.3, -0.25) is 4.79 Å². The number of carbonyl (C=O) groups is 1. The summed E-state index contributed by atoms with van der Waals surface area (Å²) < 4.78 is 4.85. The van der Waals surface area contributed by atoms with Crippen molar-refractivity contribution in [3.63, 3.8) is 0 Å². The van der Waals surface area contributed by atoms with Gasteiger partial charge in [-0.25, -0.2) is 0 Å². The second-order valence-corrected chi connectivity index (χ2v) is 4.60. The number of methoxy groups -OCH3 is 1. The normalized spacial score (nSPS) is 20.9. The molecule has 0 aliphatic carbocycles. The van der Waals surface area contributed by atoms with Crippen LogP contribution >= 0.6 is 11.3 Å². The Morgan fingerprint density at radius 3 is 3.27 bits per heavy atom.